The third-order valence-electron chi connectivity index (χ3n) is 3.77. The van der Waals surface area contributed by atoms with Crippen molar-refractivity contribution in [2.45, 2.75) is 11.5 Å². The summed E-state index contributed by atoms with van der Waals surface area (Å²) < 4.78 is 0.989. The number of fused-ring (bicyclic) bond motifs is 1. The molecule has 0 saturated heterocycles. The molecule has 0 saturated carbocycles. The number of aromatic nitrogens is 2. The third-order valence-corrected chi connectivity index (χ3v) is 7.48. The lowest BCUT2D eigenvalue weighted by Crippen LogP contribution is -2.10. The number of halogens is 1. The zero-order valence-corrected chi connectivity index (χ0v) is 17.2. The van der Waals surface area contributed by atoms with E-state index in [2.05, 4.69) is 27.6 Å². The Balaban J connectivity index is 1.38. The number of hydrogen-bond acceptors (Lipinski definition) is 6. The summed E-state index contributed by atoms with van der Waals surface area (Å²) in [6.45, 7) is 0. The molecular formula is C19H14ClN3OS3. The average Bonchev–Trinajstić information content (AvgIpc) is 3.27. The molecule has 0 aliphatic rings. The standard InChI is InChI=1S/C19H14ClN3OS3/c20-16-13-8-4-5-9-14(13)26-17(16)18(24)21-19-23-22-15(27-19)11-25-10-12-6-2-1-3-7-12/h1-9H,10-11H2,(H,21,23,24). The number of hydrogen-bond donors (Lipinski definition) is 1. The molecule has 4 nitrogen and oxygen atoms in total. The van der Waals surface area contributed by atoms with Gasteiger partial charge in [0.15, 0.2) is 0 Å². The highest BCUT2D eigenvalue weighted by Gasteiger charge is 2.18. The molecule has 136 valence electrons. The summed E-state index contributed by atoms with van der Waals surface area (Å²) in [6.07, 6.45) is 0. The van der Waals surface area contributed by atoms with E-state index in [1.807, 2.05) is 42.5 Å². The highest BCUT2D eigenvalue weighted by Crippen LogP contribution is 2.35. The van der Waals surface area contributed by atoms with E-state index in [1.165, 1.54) is 28.2 Å². The summed E-state index contributed by atoms with van der Waals surface area (Å²) in [5.74, 6) is 1.42. The number of benzene rings is 2. The van der Waals surface area contributed by atoms with Gasteiger partial charge in [-0.2, -0.15) is 0 Å². The van der Waals surface area contributed by atoms with Crippen LogP contribution in [0.4, 0.5) is 5.13 Å². The minimum atomic E-state index is -0.249. The number of anilines is 1. The largest absolute Gasteiger partial charge is 0.296 e. The van der Waals surface area contributed by atoms with Crippen molar-refractivity contribution in [3.05, 3.63) is 75.1 Å². The maximum atomic E-state index is 12.6. The van der Waals surface area contributed by atoms with Crippen LogP contribution in [0.3, 0.4) is 0 Å². The number of nitrogens with one attached hydrogen (secondary N) is 1. The number of carbonyl (C=O) groups excluding carboxylic acids is 1. The van der Waals surface area contributed by atoms with Gasteiger partial charge in [-0.25, -0.2) is 0 Å². The molecule has 2 aromatic heterocycles. The van der Waals surface area contributed by atoms with Crippen molar-refractivity contribution in [1.29, 1.82) is 0 Å². The van der Waals surface area contributed by atoms with Gasteiger partial charge >= 0.3 is 0 Å². The van der Waals surface area contributed by atoms with Crippen LogP contribution in [0.2, 0.25) is 5.02 Å². The molecule has 1 amide bonds. The SMILES string of the molecule is O=C(Nc1nnc(CSCc2ccccc2)s1)c1sc2ccccc2c1Cl. The summed E-state index contributed by atoms with van der Waals surface area (Å²) in [5, 5.41) is 13.8. The van der Waals surface area contributed by atoms with Gasteiger partial charge in [-0.15, -0.1) is 33.3 Å². The van der Waals surface area contributed by atoms with Gasteiger partial charge in [-0.05, 0) is 11.6 Å². The molecule has 0 spiro atoms. The van der Waals surface area contributed by atoms with Crippen LogP contribution in [0.1, 0.15) is 20.2 Å². The molecule has 0 bridgehead atoms. The Hall–Kier alpha value is -1.93. The predicted octanol–water partition coefficient (Wildman–Crippen LogP) is 6.09. The van der Waals surface area contributed by atoms with Crippen LogP contribution in [-0.4, -0.2) is 16.1 Å². The normalized spacial score (nSPS) is 11.0. The van der Waals surface area contributed by atoms with Crippen molar-refractivity contribution in [2.75, 3.05) is 5.32 Å². The van der Waals surface area contributed by atoms with E-state index in [9.17, 15) is 4.79 Å². The highest BCUT2D eigenvalue weighted by molar-refractivity contribution is 7.97. The molecule has 0 fully saturated rings. The number of thioether (sulfide) groups is 1. The van der Waals surface area contributed by atoms with Crippen LogP contribution in [0, 0.1) is 0 Å². The van der Waals surface area contributed by atoms with Crippen LogP contribution >= 0.6 is 46.0 Å². The van der Waals surface area contributed by atoms with E-state index in [0.717, 1.165) is 26.6 Å². The molecule has 0 aliphatic carbocycles. The van der Waals surface area contributed by atoms with Gasteiger partial charge in [-0.3, -0.25) is 10.1 Å². The maximum Gasteiger partial charge on any atom is 0.269 e. The first-order valence-electron chi connectivity index (χ1n) is 8.13. The molecule has 27 heavy (non-hydrogen) atoms. The van der Waals surface area contributed by atoms with Crippen molar-refractivity contribution in [3.8, 4) is 0 Å². The lowest BCUT2D eigenvalue weighted by Gasteiger charge is -1.99. The number of rotatable bonds is 6. The molecular weight excluding hydrogens is 418 g/mol. The van der Waals surface area contributed by atoms with Crippen LogP contribution in [0.15, 0.2) is 54.6 Å². The van der Waals surface area contributed by atoms with Gasteiger partial charge in [0.05, 0.1) is 5.02 Å². The first-order valence-corrected chi connectivity index (χ1v) is 11.3. The minimum absolute atomic E-state index is 0.249. The Bertz CT molecular complexity index is 1080. The fourth-order valence-electron chi connectivity index (χ4n) is 2.51. The van der Waals surface area contributed by atoms with Crippen molar-refractivity contribution < 1.29 is 4.79 Å². The molecule has 4 aromatic rings. The van der Waals surface area contributed by atoms with E-state index in [-0.39, 0.29) is 5.91 Å². The smallest absolute Gasteiger partial charge is 0.269 e. The minimum Gasteiger partial charge on any atom is -0.296 e. The third kappa shape index (κ3) is 4.32. The van der Waals surface area contributed by atoms with Gasteiger partial charge in [0.25, 0.3) is 5.91 Å². The average molecular weight is 432 g/mol. The van der Waals surface area contributed by atoms with E-state index in [0.29, 0.717) is 15.0 Å². The monoisotopic (exact) mass is 431 g/mol. The first kappa shape index (κ1) is 18.4. The Morgan fingerprint density at radius 3 is 2.59 bits per heavy atom. The zero-order chi connectivity index (χ0) is 18.6. The van der Waals surface area contributed by atoms with Gasteiger partial charge < -0.3 is 0 Å². The van der Waals surface area contributed by atoms with E-state index in [1.54, 1.807) is 11.8 Å². The van der Waals surface area contributed by atoms with Gasteiger partial charge in [-0.1, -0.05) is 71.5 Å². The quantitative estimate of drug-likeness (QED) is 0.401. The Morgan fingerprint density at radius 2 is 1.78 bits per heavy atom. The molecule has 0 unspecified atom stereocenters. The topological polar surface area (TPSA) is 54.9 Å². The van der Waals surface area contributed by atoms with Crippen molar-refractivity contribution in [3.63, 3.8) is 0 Å². The molecule has 2 aromatic carbocycles. The molecule has 2 heterocycles. The van der Waals surface area contributed by atoms with Gasteiger partial charge in [0.2, 0.25) is 5.13 Å². The Morgan fingerprint density at radius 1 is 1.00 bits per heavy atom. The fourth-order valence-corrected chi connectivity index (χ4v) is 5.70. The zero-order valence-electron chi connectivity index (χ0n) is 14.0. The van der Waals surface area contributed by atoms with Crippen LogP contribution in [0.5, 0.6) is 0 Å². The van der Waals surface area contributed by atoms with E-state index in [4.69, 9.17) is 11.6 Å². The fraction of sp³-hybridized carbons (Fsp3) is 0.105. The van der Waals surface area contributed by atoms with E-state index >= 15 is 0 Å². The van der Waals surface area contributed by atoms with E-state index < -0.39 is 0 Å². The van der Waals surface area contributed by atoms with Crippen molar-refractivity contribution in [2.24, 2.45) is 0 Å². The van der Waals surface area contributed by atoms with Crippen molar-refractivity contribution in [1.82, 2.24) is 10.2 Å². The van der Waals surface area contributed by atoms with Gasteiger partial charge in [0.1, 0.15) is 9.88 Å². The molecule has 0 aliphatic heterocycles. The Kier molecular flexibility index (Phi) is 5.73. The number of amides is 1. The summed E-state index contributed by atoms with van der Waals surface area (Å²) in [4.78, 5) is 13.1. The summed E-state index contributed by atoms with van der Waals surface area (Å²) >= 11 is 10.9. The predicted molar refractivity (Wildman–Crippen MR) is 116 cm³/mol. The molecule has 0 radical (unpaired) electrons. The molecule has 8 heteroatoms. The molecule has 4 rings (SSSR count). The Labute approximate surface area is 173 Å². The lowest BCUT2D eigenvalue weighted by atomic mass is 10.2. The van der Waals surface area contributed by atoms with Crippen LogP contribution in [0.25, 0.3) is 10.1 Å². The number of nitrogens with zero attached hydrogens (tertiary/aromatic N) is 2. The lowest BCUT2D eigenvalue weighted by molar-refractivity contribution is 0.103. The van der Waals surface area contributed by atoms with Crippen molar-refractivity contribution >= 4 is 67.2 Å². The number of carbonyl (C=O) groups is 1. The second kappa shape index (κ2) is 8.39. The van der Waals surface area contributed by atoms with Gasteiger partial charge in [0, 0.05) is 21.6 Å². The first-order chi connectivity index (χ1) is 13.2. The maximum absolute atomic E-state index is 12.6. The second-order valence-corrected chi connectivity index (χ2v) is 9.15. The summed E-state index contributed by atoms with van der Waals surface area (Å²) in [6, 6.07) is 18.0. The summed E-state index contributed by atoms with van der Waals surface area (Å²) in [7, 11) is 0. The van der Waals surface area contributed by atoms with Crippen LogP contribution in [-0.2, 0) is 11.5 Å². The second-order valence-electron chi connectivity index (χ2n) is 5.67. The molecule has 0 atom stereocenters. The number of thiophene rings is 1. The highest BCUT2D eigenvalue weighted by atomic mass is 35.5. The summed E-state index contributed by atoms with van der Waals surface area (Å²) in [5.41, 5.74) is 1.28. The molecule has 1 N–H and O–H groups in total. The van der Waals surface area contributed by atoms with Crippen LogP contribution < -0.4 is 5.32 Å².